The first-order chi connectivity index (χ1) is 14.3. The number of nitrogens with zero attached hydrogens (tertiary/aromatic N) is 1. The molecule has 0 aliphatic rings. The first-order valence-electron chi connectivity index (χ1n) is 9.99. The van der Waals surface area contributed by atoms with Gasteiger partial charge in [-0.15, -0.1) is 0 Å². The predicted molar refractivity (Wildman–Crippen MR) is 118 cm³/mol. The molecule has 3 aromatic carbocycles. The van der Waals surface area contributed by atoms with E-state index < -0.39 is 0 Å². The van der Waals surface area contributed by atoms with Crippen molar-refractivity contribution in [1.29, 1.82) is 0 Å². The number of benzene rings is 3. The molecule has 0 bridgehead atoms. The molecule has 0 heterocycles. The number of nitrogens with one attached hydrogen (secondary N) is 1. The first-order valence-corrected chi connectivity index (χ1v) is 9.99. The molecule has 4 heteroatoms. The van der Waals surface area contributed by atoms with E-state index in [2.05, 4.69) is 29.6 Å². The molecule has 0 fully saturated rings. The third kappa shape index (κ3) is 6.47. The van der Waals surface area contributed by atoms with Crippen molar-refractivity contribution in [2.24, 2.45) is 0 Å². The Morgan fingerprint density at radius 1 is 0.828 bits per heavy atom. The molecule has 0 radical (unpaired) electrons. The summed E-state index contributed by atoms with van der Waals surface area (Å²) in [5.41, 5.74) is 3.30. The Kier molecular flexibility index (Phi) is 7.84. The Bertz CT molecular complexity index is 864. The van der Waals surface area contributed by atoms with E-state index in [1.165, 1.54) is 5.56 Å². The van der Waals surface area contributed by atoms with Gasteiger partial charge in [-0.3, -0.25) is 4.79 Å². The molecule has 0 aliphatic heterocycles. The van der Waals surface area contributed by atoms with Gasteiger partial charge in [0.1, 0.15) is 5.75 Å². The summed E-state index contributed by atoms with van der Waals surface area (Å²) in [7, 11) is 1.67. The summed E-state index contributed by atoms with van der Waals surface area (Å²) in [6.45, 7) is 2.08. The monoisotopic (exact) mass is 388 g/mol. The SMILES string of the molecule is COc1ccc(CCNCCC(=O)N(Cc2ccccc2)c2ccccc2)cc1. The molecule has 0 spiro atoms. The van der Waals surface area contributed by atoms with Crippen molar-refractivity contribution in [1.82, 2.24) is 5.32 Å². The van der Waals surface area contributed by atoms with Crippen molar-refractivity contribution < 1.29 is 9.53 Å². The van der Waals surface area contributed by atoms with Gasteiger partial charge in [-0.05, 0) is 48.4 Å². The molecule has 3 aromatic rings. The maximum atomic E-state index is 12.9. The van der Waals surface area contributed by atoms with Gasteiger partial charge in [-0.1, -0.05) is 60.7 Å². The molecule has 3 rings (SSSR count). The molecular weight excluding hydrogens is 360 g/mol. The average molecular weight is 389 g/mol. The van der Waals surface area contributed by atoms with Crippen LogP contribution in [0.3, 0.4) is 0 Å². The molecule has 0 aliphatic carbocycles. The molecule has 29 heavy (non-hydrogen) atoms. The molecule has 0 saturated heterocycles. The third-order valence-electron chi connectivity index (χ3n) is 4.82. The molecule has 0 aromatic heterocycles. The predicted octanol–water partition coefficient (Wildman–Crippen LogP) is 4.45. The number of anilines is 1. The highest BCUT2D eigenvalue weighted by Crippen LogP contribution is 2.18. The minimum atomic E-state index is 0.122. The van der Waals surface area contributed by atoms with E-state index in [9.17, 15) is 4.79 Å². The normalized spacial score (nSPS) is 10.5. The Labute approximate surface area is 173 Å². The Hall–Kier alpha value is -3.11. The second-order valence-corrected chi connectivity index (χ2v) is 6.90. The van der Waals surface area contributed by atoms with Crippen molar-refractivity contribution in [3.8, 4) is 5.75 Å². The number of amides is 1. The molecule has 1 N–H and O–H groups in total. The lowest BCUT2D eigenvalue weighted by molar-refractivity contribution is -0.118. The third-order valence-corrected chi connectivity index (χ3v) is 4.82. The maximum Gasteiger partial charge on any atom is 0.228 e. The Morgan fingerprint density at radius 3 is 2.14 bits per heavy atom. The van der Waals surface area contributed by atoms with Crippen LogP contribution in [0.5, 0.6) is 5.75 Å². The zero-order valence-corrected chi connectivity index (χ0v) is 16.9. The highest BCUT2D eigenvalue weighted by Gasteiger charge is 2.15. The van der Waals surface area contributed by atoms with Gasteiger partial charge in [0.25, 0.3) is 0 Å². The first kappa shape index (κ1) is 20.6. The summed E-state index contributed by atoms with van der Waals surface area (Å²) in [6, 6.07) is 28.1. The second kappa shape index (κ2) is 11.0. The zero-order valence-electron chi connectivity index (χ0n) is 16.9. The maximum absolute atomic E-state index is 12.9. The number of ether oxygens (including phenoxy) is 1. The summed E-state index contributed by atoms with van der Waals surface area (Å²) >= 11 is 0. The summed E-state index contributed by atoms with van der Waals surface area (Å²) in [5, 5.41) is 3.38. The van der Waals surface area contributed by atoms with Crippen LogP contribution in [-0.4, -0.2) is 26.1 Å². The van der Waals surface area contributed by atoms with E-state index in [0.29, 0.717) is 19.5 Å². The fourth-order valence-corrected chi connectivity index (χ4v) is 3.18. The van der Waals surface area contributed by atoms with E-state index >= 15 is 0 Å². The van der Waals surface area contributed by atoms with Crippen LogP contribution < -0.4 is 15.0 Å². The van der Waals surface area contributed by atoms with Crippen LogP contribution in [-0.2, 0) is 17.8 Å². The van der Waals surface area contributed by atoms with Crippen LogP contribution in [0.1, 0.15) is 17.5 Å². The lowest BCUT2D eigenvalue weighted by atomic mass is 10.1. The number of carbonyl (C=O) groups is 1. The molecule has 0 atom stereocenters. The highest BCUT2D eigenvalue weighted by atomic mass is 16.5. The van der Waals surface area contributed by atoms with Gasteiger partial charge in [0.05, 0.1) is 13.7 Å². The lowest BCUT2D eigenvalue weighted by Gasteiger charge is -2.23. The van der Waals surface area contributed by atoms with Crippen LogP contribution in [0.15, 0.2) is 84.9 Å². The minimum Gasteiger partial charge on any atom is -0.497 e. The van der Waals surface area contributed by atoms with E-state index in [1.807, 2.05) is 65.6 Å². The smallest absolute Gasteiger partial charge is 0.228 e. The van der Waals surface area contributed by atoms with Crippen molar-refractivity contribution >= 4 is 11.6 Å². The number of hydrogen-bond donors (Lipinski definition) is 1. The second-order valence-electron chi connectivity index (χ2n) is 6.90. The number of rotatable bonds is 10. The van der Waals surface area contributed by atoms with Gasteiger partial charge in [-0.2, -0.15) is 0 Å². The fourth-order valence-electron chi connectivity index (χ4n) is 3.18. The number of methoxy groups -OCH3 is 1. The summed E-state index contributed by atoms with van der Waals surface area (Å²) in [6.07, 6.45) is 1.38. The Balaban J connectivity index is 1.50. The summed E-state index contributed by atoms with van der Waals surface area (Å²) in [5.74, 6) is 0.990. The molecular formula is C25H28N2O2. The van der Waals surface area contributed by atoms with Gasteiger partial charge in [0.2, 0.25) is 5.91 Å². The highest BCUT2D eigenvalue weighted by molar-refractivity contribution is 5.93. The van der Waals surface area contributed by atoms with Crippen molar-refractivity contribution in [2.45, 2.75) is 19.4 Å². The van der Waals surface area contributed by atoms with Crippen LogP contribution in [0.4, 0.5) is 5.69 Å². The van der Waals surface area contributed by atoms with Gasteiger partial charge in [0.15, 0.2) is 0 Å². The van der Waals surface area contributed by atoms with Gasteiger partial charge in [-0.25, -0.2) is 0 Å². The van der Waals surface area contributed by atoms with E-state index in [4.69, 9.17) is 4.74 Å². The largest absolute Gasteiger partial charge is 0.497 e. The topological polar surface area (TPSA) is 41.6 Å². The van der Waals surface area contributed by atoms with E-state index in [0.717, 1.165) is 30.0 Å². The van der Waals surface area contributed by atoms with Gasteiger partial charge < -0.3 is 15.0 Å². The van der Waals surface area contributed by atoms with Crippen LogP contribution in [0.25, 0.3) is 0 Å². The standard InChI is InChI=1S/C25H28N2O2/c1-29-24-14-12-21(13-15-24)16-18-26-19-17-25(28)27(23-10-6-3-7-11-23)20-22-8-4-2-5-9-22/h2-15,26H,16-20H2,1H3. The molecule has 150 valence electrons. The average Bonchev–Trinajstić information content (AvgIpc) is 2.79. The van der Waals surface area contributed by atoms with Crippen molar-refractivity contribution in [2.75, 3.05) is 25.1 Å². The minimum absolute atomic E-state index is 0.122. The van der Waals surface area contributed by atoms with Crippen LogP contribution >= 0.6 is 0 Å². The van der Waals surface area contributed by atoms with Crippen LogP contribution in [0, 0.1) is 0 Å². The number of para-hydroxylation sites is 1. The Morgan fingerprint density at radius 2 is 1.48 bits per heavy atom. The van der Waals surface area contributed by atoms with E-state index in [-0.39, 0.29) is 5.91 Å². The van der Waals surface area contributed by atoms with Crippen molar-refractivity contribution in [3.63, 3.8) is 0 Å². The van der Waals surface area contributed by atoms with Crippen LogP contribution in [0.2, 0.25) is 0 Å². The molecule has 1 amide bonds. The number of carbonyl (C=O) groups excluding carboxylic acids is 1. The summed E-state index contributed by atoms with van der Waals surface area (Å²) < 4.78 is 5.18. The van der Waals surface area contributed by atoms with Gasteiger partial charge in [0, 0.05) is 18.7 Å². The fraction of sp³-hybridized carbons (Fsp3) is 0.240. The molecule has 4 nitrogen and oxygen atoms in total. The molecule has 0 saturated carbocycles. The molecule has 0 unspecified atom stereocenters. The quantitative estimate of drug-likeness (QED) is 0.522. The lowest BCUT2D eigenvalue weighted by Crippen LogP contribution is -2.33. The zero-order chi connectivity index (χ0) is 20.3. The van der Waals surface area contributed by atoms with Crippen molar-refractivity contribution in [3.05, 3.63) is 96.1 Å². The van der Waals surface area contributed by atoms with E-state index in [1.54, 1.807) is 7.11 Å². The van der Waals surface area contributed by atoms with Gasteiger partial charge >= 0.3 is 0 Å². The number of hydrogen-bond acceptors (Lipinski definition) is 3. The summed E-state index contributed by atoms with van der Waals surface area (Å²) in [4.78, 5) is 14.8.